The van der Waals surface area contributed by atoms with Crippen LogP contribution in [0, 0.1) is 13.8 Å². The van der Waals surface area contributed by atoms with E-state index in [1.807, 2.05) is 18.4 Å². The molecule has 0 aliphatic rings. The molecule has 1 aromatic carbocycles. The summed E-state index contributed by atoms with van der Waals surface area (Å²) in [5.74, 6) is -1.16. The largest absolute Gasteiger partial charge is 0.469 e. The smallest absolute Gasteiger partial charge is 0.331 e. The Labute approximate surface area is 175 Å². The van der Waals surface area contributed by atoms with Gasteiger partial charge in [-0.1, -0.05) is 29.8 Å². The second-order valence-corrected chi connectivity index (χ2v) is 6.91. The van der Waals surface area contributed by atoms with Crippen LogP contribution in [0.4, 0.5) is 0 Å². The van der Waals surface area contributed by atoms with Gasteiger partial charge in [0.05, 0.1) is 7.11 Å². The van der Waals surface area contributed by atoms with Crippen molar-refractivity contribution in [1.29, 1.82) is 0 Å². The van der Waals surface area contributed by atoms with Crippen molar-refractivity contribution in [3.63, 3.8) is 0 Å². The molecule has 1 heterocycles. The van der Waals surface area contributed by atoms with Crippen molar-refractivity contribution in [1.82, 2.24) is 4.57 Å². The number of ketones is 1. The molecule has 0 radical (unpaired) electrons. The van der Waals surface area contributed by atoms with E-state index in [2.05, 4.69) is 4.74 Å². The maximum Gasteiger partial charge on any atom is 0.331 e. The molecule has 0 saturated carbocycles. The number of aryl methyl sites for hydroxylation is 1. The molecular formula is C22H24ClNO5. The summed E-state index contributed by atoms with van der Waals surface area (Å²) in [6.07, 6.45) is 3.71. The van der Waals surface area contributed by atoms with Gasteiger partial charge >= 0.3 is 11.9 Å². The number of aromatic nitrogens is 1. The van der Waals surface area contributed by atoms with Gasteiger partial charge in [0.2, 0.25) is 5.78 Å². The number of carbonyl (C=O) groups excluding carboxylic acids is 3. The number of hydrogen-bond acceptors (Lipinski definition) is 5. The van der Waals surface area contributed by atoms with Crippen LogP contribution in [0.3, 0.4) is 0 Å². The van der Waals surface area contributed by atoms with Crippen LogP contribution in [0.15, 0.2) is 36.4 Å². The molecule has 154 valence electrons. The van der Waals surface area contributed by atoms with Gasteiger partial charge in [0.25, 0.3) is 0 Å². The van der Waals surface area contributed by atoms with Crippen LogP contribution in [0.2, 0.25) is 5.02 Å². The lowest BCUT2D eigenvalue weighted by Crippen LogP contribution is -2.14. The molecule has 6 nitrogen and oxygen atoms in total. The number of halogens is 1. The standard InChI is InChI=1S/C22H24ClNO5/c1-15-13-18(16(2)24(15)12-6-9-21(26)28-3)20(25)14-29-22(27)11-10-17-7-4-5-8-19(17)23/h4-5,7-8,10-11,13H,6,9,12,14H2,1-3H3/b11-10+. The fourth-order valence-corrected chi connectivity index (χ4v) is 3.14. The first-order valence-electron chi connectivity index (χ1n) is 9.19. The highest BCUT2D eigenvalue weighted by Crippen LogP contribution is 2.18. The van der Waals surface area contributed by atoms with Crippen LogP contribution in [0.1, 0.15) is 40.2 Å². The zero-order valence-electron chi connectivity index (χ0n) is 16.7. The number of nitrogens with zero attached hydrogens (tertiary/aromatic N) is 1. The third-order valence-electron chi connectivity index (χ3n) is 4.51. The number of hydrogen-bond donors (Lipinski definition) is 0. The molecule has 0 unspecified atom stereocenters. The summed E-state index contributed by atoms with van der Waals surface area (Å²) in [4.78, 5) is 35.6. The fourth-order valence-electron chi connectivity index (χ4n) is 2.94. The van der Waals surface area contributed by atoms with Gasteiger partial charge in [-0.3, -0.25) is 9.59 Å². The fraction of sp³-hybridized carbons (Fsp3) is 0.318. The van der Waals surface area contributed by atoms with E-state index in [1.165, 1.54) is 13.2 Å². The van der Waals surface area contributed by atoms with Crippen molar-refractivity contribution in [2.45, 2.75) is 33.2 Å². The number of esters is 2. The third kappa shape index (κ3) is 6.32. The van der Waals surface area contributed by atoms with Crippen molar-refractivity contribution in [3.05, 3.63) is 63.9 Å². The SMILES string of the molecule is COC(=O)CCCn1c(C)cc(C(=O)COC(=O)/C=C/c2ccccc2Cl)c1C. The number of carbonyl (C=O) groups is 3. The normalized spacial score (nSPS) is 10.9. The maximum absolute atomic E-state index is 12.5. The molecule has 0 atom stereocenters. The number of Topliss-reactive ketones (excluding diaryl/α,β-unsaturated/α-hetero) is 1. The highest BCUT2D eigenvalue weighted by atomic mass is 35.5. The van der Waals surface area contributed by atoms with Crippen molar-refractivity contribution < 1.29 is 23.9 Å². The monoisotopic (exact) mass is 417 g/mol. The lowest BCUT2D eigenvalue weighted by atomic mass is 10.1. The molecule has 0 aliphatic heterocycles. The van der Waals surface area contributed by atoms with E-state index in [-0.39, 0.29) is 18.4 Å². The predicted molar refractivity (Wildman–Crippen MR) is 111 cm³/mol. The van der Waals surface area contributed by atoms with Crippen LogP contribution < -0.4 is 0 Å². The first-order chi connectivity index (χ1) is 13.8. The average Bonchev–Trinajstić information content (AvgIpc) is 2.99. The molecule has 0 aliphatic carbocycles. The Morgan fingerprint density at radius 3 is 2.59 bits per heavy atom. The van der Waals surface area contributed by atoms with E-state index >= 15 is 0 Å². The number of benzene rings is 1. The molecule has 29 heavy (non-hydrogen) atoms. The van der Waals surface area contributed by atoms with E-state index in [1.54, 1.807) is 36.4 Å². The van der Waals surface area contributed by atoms with E-state index in [0.717, 1.165) is 11.4 Å². The number of ether oxygens (including phenoxy) is 2. The minimum atomic E-state index is -0.620. The van der Waals surface area contributed by atoms with E-state index in [9.17, 15) is 14.4 Å². The second kappa shape index (κ2) is 10.6. The van der Waals surface area contributed by atoms with Crippen molar-refractivity contribution in [3.8, 4) is 0 Å². The predicted octanol–water partition coefficient (Wildman–Crippen LogP) is 4.15. The number of rotatable bonds is 9. The van der Waals surface area contributed by atoms with E-state index in [0.29, 0.717) is 35.5 Å². The molecule has 7 heteroatoms. The summed E-state index contributed by atoms with van der Waals surface area (Å²) >= 11 is 6.03. The lowest BCUT2D eigenvalue weighted by molar-refractivity contribution is -0.140. The summed E-state index contributed by atoms with van der Waals surface area (Å²) in [6, 6.07) is 8.86. The van der Waals surface area contributed by atoms with Gasteiger partial charge in [0.1, 0.15) is 0 Å². The summed E-state index contributed by atoms with van der Waals surface area (Å²) in [6.45, 7) is 3.97. The zero-order valence-corrected chi connectivity index (χ0v) is 17.5. The molecule has 0 fully saturated rings. The Kier molecular flexibility index (Phi) is 8.21. The summed E-state index contributed by atoms with van der Waals surface area (Å²) in [5, 5.41) is 0.521. The van der Waals surface area contributed by atoms with Gasteiger partial charge in [-0.05, 0) is 44.0 Å². The topological polar surface area (TPSA) is 74.6 Å². The Hall–Kier alpha value is -2.86. The van der Waals surface area contributed by atoms with Crippen molar-refractivity contribution in [2.24, 2.45) is 0 Å². The van der Waals surface area contributed by atoms with Crippen LogP contribution in [-0.2, 0) is 25.6 Å². The van der Waals surface area contributed by atoms with Gasteiger partial charge in [0, 0.05) is 41.0 Å². The van der Waals surface area contributed by atoms with Crippen molar-refractivity contribution >= 4 is 35.4 Å². The minimum absolute atomic E-state index is 0.263. The van der Waals surface area contributed by atoms with Gasteiger partial charge in [-0.25, -0.2) is 4.79 Å². The summed E-state index contributed by atoms with van der Waals surface area (Å²) < 4.78 is 11.7. The average molecular weight is 418 g/mol. The molecule has 0 bridgehead atoms. The molecule has 0 spiro atoms. The second-order valence-electron chi connectivity index (χ2n) is 6.50. The Balaban J connectivity index is 1.93. The number of methoxy groups -OCH3 is 1. The molecular weight excluding hydrogens is 394 g/mol. The van der Waals surface area contributed by atoms with E-state index < -0.39 is 5.97 Å². The van der Waals surface area contributed by atoms with E-state index in [4.69, 9.17) is 16.3 Å². The Morgan fingerprint density at radius 1 is 1.17 bits per heavy atom. The summed E-state index contributed by atoms with van der Waals surface area (Å²) in [7, 11) is 1.36. The van der Waals surface area contributed by atoms with Gasteiger partial charge in [-0.2, -0.15) is 0 Å². The molecule has 0 N–H and O–H groups in total. The molecule has 2 rings (SSSR count). The van der Waals surface area contributed by atoms with Crippen LogP contribution in [0.25, 0.3) is 6.08 Å². The molecule has 0 amide bonds. The first-order valence-corrected chi connectivity index (χ1v) is 9.57. The zero-order chi connectivity index (χ0) is 21.4. The first kappa shape index (κ1) is 22.4. The van der Waals surface area contributed by atoms with Crippen LogP contribution in [0.5, 0.6) is 0 Å². The molecule has 1 aromatic heterocycles. The Bertz CT molecular complexity index is 929. The van der Waals surface area contributed by atoms with Crippen LogP contribution in [-0.4, -0.2) is 36.0 Å². The maximum atomic E-state index is 12.5. The Morgan fingerprint density at radius 2 is 1.90 bits per heavy atom. The van der Waals surface area contributed by atoms with Gasteiger partial charge < -0.3 is 14.0 Å². The highest BCUT2D eigenvalue weighted by Gasteiger charge is 2.17. The van der Waals surface area contributed by atoms with Gasteiger partial charge in [-0.15, -0.1) is 0 Å². The highest BCUT2D eigenvalue weighted by molar-refractivity contribution is 6.32. The minimum Gasteiger partial charge on any atom is -0.469 e. The lowest BCUT2D eigenvalue weighted by Gasteiger charge is -2.09. The van der Waals surface area contributed by atoms with Gasteiger partial charge in [0.15, 0.2) is 6.61 Å². The summed E-state index contributed by atoms with van der Waals surface area (Å²) in [5.41, 5.74) is 2.87. The van der Waals surface area contributed by atoms with Crippen molar-refractivity contribution in [2.75, 3.05) is 13.7 Å². The molecule has 0 saturated heterocycles. The molecule has 2 aromatic rings. The quantitative estimate of drug-likeness (QED) is 0.348. The third-order valence-corrected chi connectivity index (χ3v) is 4.86. The van der Waals surface area contributed by atoms with Crippen LogP contribution >= 0.6 is 11.6 Å².